The minimum atomic E-state index is 0.147. The molecule has 1 saturated heterocycles. The van der Waals surface area contributed by atoms with Gasteiger partial charge in [0.05, 0.1) is 6.61 Å². The molecule has 1 aliphatic heterocycles. The largest absolute Gasteiger partial charge is 0.381 e. The highest BCUT2D eigenvalue weighted by Gasteiger charge is 2.14. The lowest BCUT2D eigenvalue weighted by molar-refractivity contribution is -0.121. The van der Waals surface area contributed by atoms with Crippen LogP contribution in [0.2, 0.25) is 0 Å². The van der Waals surface area contributed by atoms with Crippen molar-refractivity contribution in [1.82, 2.24) is 5.32 Å². The number of benzene rings is 1. The second-order valence-corrected chi connectivity index (χ2v) is 5.81. The molecule has 0 aromatic heterocycles. The van der Waals surface area contributed by atoms with Gasteiger partial charge in [-0.25, -0.2) is 0 Å². The minimum Gasteiger partial charge on any atom is -0.381 e. The summed E-state index contributed by atoms with van der Waals surface area (Å²) in [4.78, 5) is 11.9. The summed E-state index contributed by atoms with van der Waals surface area (Å²) in [7, 11) is 0. The molecule has 1 aromatic carbocycles. The average Bonchev–Trinajstić information content (AvgIpc) is 2.47. The first kappa shape index (κ1) is 15.0. The van der Waals surface area contributed by atoms with Crippen LogP contribution in [0.3, 0.4) is 0 Å². The van der Waals surface area contributed by atoms with Crippen LogP contribution in [-0.2, 0) is 16.0 Å². The van der Waals surface area contributed by atoms with Crippen molar-refractivity contribution in [3.63, 3.8) is 0 Å². The third-order valence-corrected chi connectivity index (χ3v) is 4.05. The molecule has 2 rings (SSSR count). The Morgan fingerprint density at radius 1 is 1.35 bits per heavy atom. The number of ether oxygens (including phenoxy) is 1. The van der Waals surface area contributed by atoms with Gasteiger partial charge in [-0.05, 0) is 55.7 Å². The normalized spacial score (nSPS) is 18.8. The Kier molecular flexibility index (Phi) is 5.60. The standard InChI is InChI=1S/C17H25NO2/c1-13-5-6-15(10-14(13)2)7-8-17(19)18-11-16-4-3-9-20-12-16/h5-6,10,16H,3-4,7-9,11-12H2,1-2H3,(H,18,19). The summed E-state index contributed by atoms with van der Waals surface area (Å²) < 4.78 is 5.42. The van der Waals surface area contributed by atoms with Crippen molar-refractivity contribution in [2.45, 2.75) is 39.5 Å². The molecule has 1 fully saturated rings. The zero-order chi connectivity index (χ0) is 14.4. The quantitative estimate of drug-likeness (QED) is 0.897. The molecule has 1 atom stereocenters. The number of amides is 1. The smallest absolute Gasteiger partial charge is 0.220 e. The van der Waals surface area contributed by atoms with Gasteiger partial charge >= 0.3 is 0 Å². The van der Waals surface area contributed by atoms with E-state index in [4.69, 9.17) is 4.74 Å². The van der Waals surface area contributed by atoms with Crippen LogP contribution in [0, 0.1) is 19.8 Å². The Hall–Kier alpha value is -1.35. The van der Waals surface area contributed by atoms with Crippen LogP contribution >= 0.6 is 0 Å². The zero-order valence-electron chi connectivity index (χ0n) is 12.6. The Balaban J connectivity index is 1.70. The van der Waals surface area contributed by atoms with E-state index in [-0.39, 0.29) is 5.91 Å². The minimum absolute atomic E-state index is 0.147. The molecule has 1 amide bonds. The van der Waals surface area contributed by atoms with Gasteiger partial charge in [0.25, 0.3) is 0 Å². The highest BCUT2D eigenvalue weighted by molar-refractivity contribution is 5.76. The maximum atomic E-state index is 11.9. The molecule has 110 valence electrons. The van der Waals surface area contributed by atoms with Crippen molar-refractivity contribution in [3.8, 4) is 0 Å². The number of carbonyl (C=O) groups excluding carboxylic acids is 1. The molecule has 20 heavy (non-hydrogen) atoms. The van der Waals surface area contributed by atoms with E-state index in [1.807, 2.05) is 0 Å². The number of hydrogen-bond acceptors (Lipinski definition) is 2. The third kappa shape index (κ3) is 4.64. The topological polar surface area (TPSA) is 38.3 Å². The number of carbonyl (C=O) groups is 1. The van der Waals surface area contributed by atoms with Gasteiger partial charge in [0.1, 0.15) is 0 Å². The van der Waals surface area contributed by atoms with E-state index >= 15 is 0 Å². The fourth-order valence-corrected chi connectivity index (χ4v) is 2.53. The number of nitrogens with one attached hydrogen (secondary N) is 1. The van der Waals surface area contributed by atoms with Gasteiger partial charge in [0.2, 0.25) is 5.91 Å². The molecule has 0 spiro atoms. The summed E-state index contributed by atoms with van der Waals surface area (Å²) in [6, 6.07) is 6.42. The second-order valence-electron chi connectivity index (χ2n) is 5.81. The van der Waals surface area contributed by atoms with Crippen LogP contribution in [0.5, 0.6) is 0 Å². The van der Waals surface area contributed by atoms with Crippen LogP contribution in [-0.4, -0.2) is 25.7 Å². The molecule has 3 nitrogen and oxygen atoms in total. The summed E-state index contributed by atoms with van der Waals surface area (Å²) >= 11 is 0. The van der Waals surface area contributed by atoms with E-state index in [0.717, 1.165) is 39.0 Å². The van der Waals surface area contributed by atoms with Crippen LogP contribution in [0.1, 0.15) is 36.0 Å². The third-order valence-electron chi connectivity index (χ3n) is 4.05. The predicted molar refractivity (Wildman–Crippen MR) is 80.8 cm³/mol. The molecule has 1 N–H and O–H groups in total. The van der Waals surface area contributed by atoms with E-state index < -0.39 is 0 Å². The highest BCUT2D eigenvalue weighted by atomic mass is 16.5. The molecule has 3 heteroatoms. The first-order valence-corrected chi connectivity index (χ1v) is 7.55. The molecule has 1 heterocycles. The Morgan fingerprint density at radius 3 is 2.90 bits per heavy atom. The van der Waals surface area contributed by atoms with Gasteiger partial charge in [-0.3, -0.25) is 4.79 Å². The van der Waals surface area contributed by atoms with Gasteiger partial charge in [-0.15, -0.1) is 0 Å². The number of hydrogen-bond donors (Lipinski definition) is 1. The molecule has 1 aliphatic rings. The maximum absolute atomic E-state index is 11.9. The molecule has 0 aliphatic carbocycles. The number of rotatable bonds is 5. The fourth-order valence-electron chi connectivity index (χ4n) is 2.53. The van der Waals surface area contributed by atoms with Crippen LogP contribution < -0.4 is 5.32 Å². The fraction of sp³-hybridized carbons (Fsp3) is 0.588. The van der Waals surface area contributed by atoms with Crippen molar-refractivity contribution < 1.29 is 9.53 Å². The summed E-state index contributed by atoms with van der Waals surface area (Å²) in [5, 5.41) is 3.03. The van der Waals surface area contributed by atoms with Crippen LogP contribution in [0.4, 0.5) is 0 Å². The maximum Gasteiger partial charge on any atom is 0.220 e. The van der Waals surface area contributed by atoms with Crippen molar-refractivity contribution in [3.05, 3.63) is 34.9 Å². The van der Waals surface area contributed by atoms with E-state index in [1.165, 1.54) is 16.7 Å². The number of aryl methyl sites for hydroxylation is 3. The van der Waals surface area contributed by atoms with Crippen molar-refractivity contribution >= 4 is 5.91 Å². The van der Waals surface area contributed by atoms with Crippen molar-refractivity contribution in [2.24, 2.45) is 5.92 Å². The molecule has 0 bridgehead atoms. The summed E-state index contributed by atoms with van der Waals surface area (Å²) in [5.74, 6) is 0.642. The van der Waals surface area contributed by atoms with Crippen LogP contribution in [0.15, 0.2) is 18.2 Å². The van der Waals surface area contributed by atoms with Gasteiger partial charge < -0.3 is 10.1 Å². The SMILES string of the molecule is Cc1ccc(CCC(=O)NCC2CCCOC2)cc1C. The second kappa shape index (κ2) is 7.44. The van der Waals surface area contributed by atoms with Crippen molar-refractivity contribution in [2.75, 3.05) is 19.8 Å². The van der Waals surface area contributed by atoms with E-state index in [0.29, 0.717) is 12.3 Å². The first-order valence-electron chi connectivity index (χ1n) is 7.55. The molecular weight excluding hydrogens is 250 g/mol. The molecular formula is C17H25NO2. The van der Waals surface area contributed by atoms with E-state index in [1.54, 1.807) is 0 Å². The lowest BCUT2D eigenvalue weighted by Gasteiger charge is -2.22. The van der Waals surface area contributed by atoms with Gasteiger partial charge in [0, 0.05) is 19.6 Å². The summed E-state index contributed by atoms with van der Waals surface area (Å²) in [6.45, 7) is 6.64. The molecule has 0 saturated carbocycles. The zero-order valence-corrected chi connectivity index (χ0v) is 12.6. The Morgan fingerprint density at radius 2 is 2.20 bits per heavy atom. The van der Waals surface area contributed by atoms with Crippen LogP contribution in [0.25, 0.3) is 0 Å². The van der Waals surface area contributed by atoms with Gasteiger partial charge in [-0.2, -0.15) is 0 Å². The first-order chi connectivity index (χ1) is 9.65. The molecule has 0 radical (unpaired) electrons. The molecule has 1 aromatic rings. The lowest BCUT2D eigenvalue weighted by atomic mass is 10.0. The Labute approximate surface area is 121 Å². The summed E-state index contributed by atoms with van der Waals surface area (Å²) in [6.07, 6.45) is 3.66. The monoisotopic (exact) mass is 275 g/mol. The summed E-state index contributed by atoms with van der Waals surface area (Å²) in [5.41, 5.74) is 3.84. The average molecular weight is 275 g/mol. The van der Waals surface area contributed by atoms with Gasteiger partial charge in [-0.1, -0.05) is 18.2 Å². The Bertz CT molecular complexity index is 450. The van der Waals surface area contributed by atoms with E-state index in [2.05, 4.69) is 37.4 Å². The lowest BCUT2D eigenvalue weighted by Crippen LogP contribution is -2.33. The molecule has 1 unspecified atom stereocenters. The van der Waals surface area contributed by atoms with E-state index in [9.17, 15) is 4.79 Å². The van der Waals surface area contributed by atoms with Gasteiger partial charge in [0.15, 0.2) is 0 Å². The highest BCUT2D eigenvalue weighted by Crippen LogP contribution is 2.13. The van der Waals surface area contributed by atoms with Crippen molar-refractivity contribution in [1.29, 1.82) is 0 Å². The predicted octanol–water partition coefficient (Wildman–Crippen LogP) is 2.78.